The van der Waals surface area contributed by atoms with E-state index in [1.807, 2.05) is 0 Å². The summed E-state index contributed by atoms with van der Waals surface area (Å²) in [5.74, 6) is 1.26. The number of nitrogens with two attached hydrogens (primary N) is 1. The minimum Gasteiger partial charge on any atom is -0.370 e. The van der Waals surface area contributed by atoms with Crippen molar-refractivity contribution < 1.29 is 0 Å². The molecule has 0 amide bonds. The van der Waals surface area contributed by atoms with Crippen LogP contribution >= 0.6 is 24.0 Å². The average Bonchev–Trinajstić information content (AvgIpc) is 3.31. The molecule has 4 rings (SSSR count). The van der Waals surface area contributed by atoms with Crippen LogP contribution in [0.4, 0.5) is 5.69 Å². The number of rotatable bonds is 4. The Morgan fingerprint density at radius 1 is 1.12 bits per heavy atom. The summed E-state index contributed by atoms with van der Waals surface area (Å²) >= 11 is 0. The number of benzene rings is 1. The Balaban J connectivity index is 0.00000169. The van der Waals surface area contributed by atoms with E-state index in [9.17, 15) is 0 Å². The van der Waals surface area contributed by atoms with Crippen LogP contribution in [-0.2, 0) is 12.8 Å². The number of nitrogens with zero attached hydrogens (tertiary/aromatic N) is 2. The van der Waals surface area contributed by atoms with Crippen LogP contribution in [0.15, 0.2) is 23.2 Å². The predicted molar refractivity (Wildman–Crippen MR) is 111 cm³/mol. The van der Waals surface area contributed by atoms with Gasteiger partial charge in [0.25, 0.3) is 0 Å². The lowest BCUT2D eigenvalue weighted by atomic mass is 9.97. The van der Waals surface area contributed by atoms with Gasteiger partial charge in [-0.3, -0.25) is 4.99 Å². The Kier molecular flexibility index (Phi) is 6.02. The first kappa shape index (κ1) is 18.0. The van der Waals surface area contributed by atoms with Crippen LogP contribution in [0.25, 0.3) is 0 Å². The maximum atomic E-state index is 6.08. The summed E-state index contributed by atoms with van der Waals surface area (Å²) in [5.41, 5.74) is 10.1. The predicted octanol–water partition coefficient (Wildman–Crippen LogP) is 3.39. The second-order valence-corrected chi connectivity index (χ2v) is 7.40. The molecular weight excluding hydrogens is 411 g/mol. The third-order valence-corrected chi connectivity index (χ3v) is 5.60. The maximum Gasteiger partial charge on any atom is 0.193 e. The van der Waals surface area contributed by atoms with Gasteiger partial charge in [-0.2, -0.15) is 0 Å². The monoisotopic (exact) mass is 440 g/mol. The quantitative estimate of drug-likeness (QED) is 0.429. The Morgan fingerprint density at radius 2 is 1.88 bits per heavy atom. The van der Waals surface area contributed by atoms with Gasteiger partial charge < -0.3 is 16.0 Å². The molecular formula is C19H29IN4. The van der Waals surface area contributed by atoms with Crippen LogP contribution in [0.1, 0.15) is 43.2 Å². The lowest BCUT2D eigenvalue weighted by Gasteiger charge is -2.31. The molecule has 0 bridgehead atoms. The highest BCUT2D eigenvalue weighted by molar-refractivity contribution is 14.0. The molecule has 1 saturated carbocycles. The van der Waals surface area contributed by atoms with Crippen LogP contribution in [0.5, 0.6) is 0 Å². The van der Waals surface area contributed by atoms with Gasteiger partial charge in [-0.1, -0.05) is 6.07 Å². The number of aryl methyl sites for hydroxylation is 2. The number of anilines is 1. The highest BCUT2D eigenvalue weighted by Gasteiger charge is 2.31. The first-order chi connectivity index (χ1) is 11.3. The van der Waals surface area contributed by atoms with Gasteiger partial charge in [-0.05, 0) is 87.2 Å². The number of aliphatic imine (C=N–C) groups is 1. The summed E-state index contributed by atoms with van der Waals surface area (Å²) in [6, 6.07) is 7.50. The van der Waals surface area contributed by atoms with Gasteiger partial charge in [-0.15, -0.1) is 24.0 Å². The van der Waals surface area contributed by atoms with Gasteiger partial charge in [0.05, 0.1) is 0 Å². The van der Waals surface area contributed by atoms with Gasteiger partial charge in [0.1, 0.15) is 0 Å². The second-order valence-electron chi connectivity index (χ2n) is 7.40. The smallest absolute Gasteiger partial charge is 0.193 e. The van der Waals surface area contributed by atoms with E-state index in [2.05, 4.69) is 33.4 Å². The molecule has 5 heteroatoms. The van der Waals surface area contributed by atoms with E-state index in [0.717, 1.165) is 18.3 Å². The van der Waals surface area contributed by atoms with E-state index < -0.39 is 0 Å². The van der Waals surface area contributed by atoms with Gasteiger partial charge in [0.2, 0.25) is 0 Å². The fourth-order valence-electron chi connectivity index (χ4n) is 4.00. The number of nitrogens with one attached hydrogen (secondary N) is 1. The number of fused-ring (bicyclic) bond motifs is 1. The molecule has 0 spiro atoms. The molecule has 24 heavy (non-hydrogen) atoms. The van der Waals surface area contributed by atoms with Crippen LogP contribution in [0.3, 0.4) is 0 Å². The fraction of sp³-hybridized carbons (Fsp3) is 0.632. The normalized spacial score (nSPS) is 22.1. The lowest BCUT2D eigenvalue weighted by molar-refractivity contribution is 0.179. The van der Waals surface area contributed by atoms with Crippen molar-refractivity contribution in [3.63, 3.8) is 0 Å². The first-order valence-electron chi connectivity index (χ1n) is 9.21. The second kappa shape index (κ2) is 8.04. The van der Waals surface area contributed by atoms with Gasteiger partial charge in [0.15, 0.2) is 5.96 Å². The third kappa shape index (κ3) is 4.42. The molecule has 2 aliphatic carbocycles. The van der Waals surface area contributed by atoms with Crippen LogP contribution in [0, 0.1) is 5.92 Å². The molecule has 0 unspecified atom stereocenters. The summed E-state index contributed by atoms with van der Waals surface area (Å²) in [4.78, 5) is 7.25. The molecule has 132 valence electrons. The topological polar surface area (TPSA) is 53.6 Å². The standard InChI is InChI=1S/C19H28N4.HI/c20-19(22-17-5-4-15-2-1-3-16(15)12-17)21-13-14-8-10-23(11-9-14)18-6-7-18;/h4-5,12,14,18H,1-3,6-11,13H2,(H3,20,21,22);1H. The molecule has 1 heterocycles. The molecule has 1 saturated heterocycles. The van der Waals surface area contributed by atoms with Gasteiger partial charge >= 0.3 is 0 Å². The molecule has 0 radical (unpaired) electrons. The molecule has 1 aliphatic heterocycles. The number of halogens is 1. The van der Waals surface area contributed by atoms with Crippen molar-refractivity contribution in [3.8, 4) is 0 Å². The Morgan fingerprint density at radius 3 is 2.62 bits per heavy atom. The van der Waals surface area contributed by atoms with Crippen LogP contribution in [0.2, 0.25) is 0 Å². The van der Waals surface area contributed by atoms with Crippen molar-refractivity contribution in [1.82, 2.24) is 4.90 Å². The first-order valence-corrected chi connectivity index (χ1v) is 9.21. The Labute approximate surface area is 162 Å². The summed E-state index contributed by atoms with van der Waals surface area (Å²) in [6.07, 6.45) is 9.07. The molecule has 3 N–H and O–H groups in total. The van der Waals surface area contributed by atoms with E-state index in [0.29, 0.717) is 11.9 Å². The number of guanidine groups is 1. The zero-order valence-electron chi connectivity index (χ0n) is 14.3. The van der Waals surface area contributed by atoms with Gasteiger partial charge in [-0.25, -0.2) is 0 Å². The summed E-state index contributed by atoms with van der Waals surface area (Å²) in [6.45, 7) is 3.37. The van der Waals surface area contributed by atoms with Crippen molar-refractivity contribution in [2.24, 2.45) is 16.6 Å². The molecule has 1 aromatic carbocycles. The van der Waals surface area contributed by atoms with Crippen molar-refractivity contribution >= 4 is 35.6 Å². The molecule has 0 atom stereocenters. The fourth-order valence-corrected chi connectivity index (χ4v) is 4.00. The zero-order chi connectivity index (χ0) is 15.6. The van der Waals surface area contributed by atoms with Crippen molar-refractivity contribution in [2.75, 3.05) is 25.0 Å². The number of piperidine rings is 1. The largest absolute Gasteiger partial charge is 0.370 e. The molecule has 4 nitrogen and oxygen atoms in total. The van der Waals surface area contributed by atoms with E-state index in [-0.39, 0.29) is 24.0 Å². The molecule has 1 aromatic rings. The van der Waals surface area contributed by atoms with E-state index in [1.54, 1.807) is 0 Å². The minimum atomic E-state index is 0. The number of hydrogen-bond acceptors (Lipinski definition) is 2. The van der Waals surface area contributed by atoms with Crippen LogP contribution in [-0.4, -0.2) is 36.5 Å². The van der Waals surface area contributed by atoms with E-state index >= 15 is 0 Å². The molecule has 2 fully saturated rings. The SMILES string of the molecule is I.NC(=NCC1CCN(C2CC2)CC1)Nc1ccc2c(c1)CCC2. The number of hydrogen-bond donors (Lipinski definition) is 2. The maximum absolute atomic E-state index is 6.08. The average molecular weight is 440 g/mol. The summed E-state index contributed by atoms with van der Waals surface area (Å²) < 4.78 is 0. The van der Waals surface area contributed by atoms with Crippen LogP contribution < -0.4 is 11.1 Å². The van der Waals surface area contributed by atoms with E-state index in [1.165, 1.54) is 69.2 Å². The van der Waals surface area contributed by atoms with Crippen molar-refractivity contribution in [2.45, 2.75) is 51.0 Å². The molecule has 3 aliphatic rings. The highest BCUT2D eigenvalue weighted by atomic mass is 127. The Bertz CT molecular complexity index is 589. The minimum absolute atomic E-state index is 0. The summed E-state index contributed by atoms with van der Waals surface area (Å²) in [7, 11) is 0. The van der Waals surface area contributed by atoms with E-state index in [4.69, 9.17) is 5.73 Å². The van der Waals surface area contributed by atoms with Crippen molar-refractivity contribution in [1.29, 1.82) is 0 Å². The van der Waals surface area contributed by atoms with Crippen molar-refractivity contribution in [3.05, 3.63) is 29.3 Å². The molecule has 0 aromatic heterocycles. The third-order valence-electron chi connectivity index (χ3n) is 5.60. The highest BCUT2D eigenvalue weighted by Crippen LogP contribution is 2.30. The van der Waals surface area contributed by atoms with Gasteiger partial charge in [0, 0.05) is 18.3 Å². The zero-order valence-corrected chi connectivity index (χ0v) is 16.7. The summed E-state index contributed by atoms with van der Waals surface area (Å²) in [5, 5.41) is 3.27. The number of likely N-dealkylation sites (tertiary alicyclic amines) is 1. The lowest BCUT2D eigenvalue weighted by Crippen LogP contribution is -2.36. The Hall–Kier alpha value is -0.820.